The maximum Gasteiger partial charge on any atom is 0 e. The van der Waals surface area contributed by atoms with Crippen LogP contribution in [0.15, 0.2) is 0 Å². The van der Waals surface area contributed by atoms with Crippen LogP contribution in [0, 0.1) is 0 Å². The van der Waals surface area contributed by atoms with Crippen LogP contribution in [-0.4, -0.2) is 23.0 Å². The van der Waals surface area contributed by atoms with E-state index in [1.165, 1.54) is 0 Å². The normalized spacial score (nSPS) is 4.50. The van der Waals surface area contributed by atoms with Crippen molar-refractivity contribution < 1.29 is 66.9 Å². The minimum absolute atomic E-state index is 0. The third-order valence-corrected chi connectivity index (χ3v) is 0. The zero-order chi connectivity index (χ0) is 10.8. The van der Waals surface area contributed by atoms with E-state index in [0.29, 0.717) is 0 Å². The van der Waals surface area contributed by atoms with E-state index in [1.807, 2.05) is 27.7 Å². The molecule has 0 atom stereocenters. The summed E-state index contributed by atoms with van der Waals surface area (Å²) in [6, 6.07) is 0. The van der Waals surface area contributed by atoms with Crippen LogP contribution in [0.2, 0.25) is 0 Å². The van der Waals surface area contributed by atoms with Gasteiger partial charge in [0, 0.05) is 42.1 Å². The molecule has 0 heterocycles. The summed E-state index contributed by atoms with van der Waals surface area (Å²) in [5, 5.41) is 0. The Morgan fingerprint density at radius 1 is 0.500 bits per heavy atom. The summed E-state index contributed by atoms with van der Waals surface area (Å²) in [5.41, 5.74) is 0. The topological polar surface area (TPSA) is 0 Å². The maximum atomic E-state index is 4.39. The van der Waals surface area contributed by atoms with E-state index < -0.39 is 0 Å². The quantitative estimate of drug-likeness (QED) is 0.238. The first-order valence-corrected chi connectivity index (χ1v) is 6.29. The largest absolute Gasteiger partial charge is 1.00 e. The van der Waals surface area contributed by atoms with Crippen molar-refractivity contribution in [1.82, 2.24) is 0 Å². The van der Waals surface area contributed by atoms with E-state index in [9.17, 15) is 0 Å². The third kappa shape index (κ3) is 412. The molecule has 0 fully saturated rings. The van der Waals surface area contributed by atoms with Gasteiger partial charge in [-0.3, -0.25) is 0 Å². The van der Waals surface area contributed by atoms with Gasteiger partial charge in [0.2, 0.25) is 0 Å². The summed E-state index contributed by atoms with van der Waals surface area (Å²) in [5.74, 6) is 3.33. The van der Waals surface area contributed by atoms with Gasteiger partial charge in [-0.1, -0.05) is 27.7 Å². The number of halogens is 2. The van der Waals surface area contributed by atoms with Crippen LogP contribution >= 0.6 is 0 Å². The second kappa shape index (κ2) is 102. The number of hydrogen-bond donors (Lipinski definition) is 0. The van der Waals surface area contributed by atoms with Crippen LogP contribution < -0.4 is 24.8 Å². The molecule has 0 aliphatic carbocycles. The minimum atomic E-state index is 0. The van der Waals surface area contributed by atoms with Crippen molar-refractivity contribution in [2.24, 2.45) is 0 Å². The fourth-order valence-corrected chi connectivity index (χ4v) is 0. The van der Waals surface area contributed by atoms with Crippen molar-refractivity contribution in [3.05, 3.63) is 0 Å². The number of rotatable bonds is 0. The van der Waals surface area contributed by atoms with Crippen LogP contribution in [0.4, 0.5) is 0 Å². The van der Waals surface area contributed by atoms with Gasteiger partial charge in [0.15, 0.2) is 0 Å². The smallest absolute Gasteiger partial charge is 0 e. The predicted octanol–water partition coefficient (Wildman–Crippen LogP) is -3.78. The molecule has 0 aliphatic rings. The predicted molar refractivity (Wildman–Crippen MR) is 71.6 cm³/mol. The van der Waals surface area contributed by atoms with Gasteiger partial charge in [0.1, 0.15) is 0 Å². The van der Waals surface area contributed by atoms with Crippen molar-refractivity contribution in [3.63, 3.8) is 0 Å². The molecule has 0 unspecified atom stereocenters. The molecule has 0 rings (SSSR count). The van der Waals surface area contributed by atoms with E-state index in [1.54, 1.807) is 0 Å². The standard InChI is InChI=1S/4C2H6S.2ClH.2Pt/c4*1-2-3;;;;/h4*3H,2H2,1H3;2*1H;;/p-6. The van der Waals surface area contributed by atoms with Gasteiger partial charge in [-0.15, -0.1) is 0 Å². The fourth-order valence-electron chi connectivity index (χ4n) is 0. The Bertz CT molecular complexity index is 36.0. The Morgan fingerprint density at radius 2 is 0.500 bits per heavy atom. The summed E-state index contributed by atoms with van der Waals surface area (Å²) in [6.45, 7) is 7.76. The van der Waals surface area contributed by atoms with E-state index in [4.69, 9.17) is 0 Å². The molecule has 0 N–H and O–H groups in total. The molecule has 0 nitrogen and oxygen atoms in total. The van der Waals surface area contributed by atoms with Gasteiger partial charge in [0.05, 0.1) is 0 Å². The molecular weight excluding hydrogens is 685 g/mol. The summed E-state index contributed by atoms with van der Waals surface area (Å²) in [4.78, 5) is 0. The van der Waals surface area contributed by atoms with Gasteiger partial charge >= 0.3 is 0 Å². The van der Waals surface area contributed by atoms with Crippen molar-refractivity contribution >= 4 is 50.5 Å². The van der Waals surface area contributed by atoms with Gasteiger partial charge in [-0.25, -0.2) is 0 Å². The summed E-state index contributed by atoms with van der Waals surface area (Å²) in [7, 11) is 0. The molecule has 0 aromatic carbocycles. The first-order valence-electron chi connectivity index (χ1n) is 3.98. The second-order valence-electron chi connectivity index (χ2n) is 1.15. The molecule has 0 spiro atoms. The fraction of sp³-hybridized carbons (Fsp3) is 1.00. The molecule has 0 aliphatic heterocycles. The average molecular weight is 706 g/mol. The van der Waals surface area contributed by atoms with Crippen LogP contribution in [0.25, 0.3) is 0 Å². The van der Waals surface area contributed by atoms with E-state index in [-0.39, 0.29) is 66.9 Å². The third-order valence-electron chi connectivity index (χ3n) is 0. The minimum Gasteiger partial charge on any atom is -1.00 e. The zero-order valence-electron chi connectivity index (χ0n) is 9.85. The van der Waals surface area contributed by atoms with Crippen molar-refractivity contribution in [2.75, 3.05) is 23.0 Å². The molecule has 0 aromatic heterocycles. The summed E-state index contributed by atoms with van der Waals surface area (Å²) < 4.78 is 0. The van der Waals surface area contributed by atoms with Crippen LogP contribution in [0.5, 0.6) is 0 Å². The molecular formula is C8H20Cl2Pt2S4-6. The average Bonchev–Trinajstić information content (AvgIpc) is 1.92. The molecule has 0 amide bonds. The Hall–Kier alpha value is 3.36. The molecule has 0 saturated carbocycles. The van der Waals surface area contributed by atoms with Crippen LogP contribution in [0.3, 0.4) is 0 Å². The SMILES string of the molecule is CC[S-].CC[S-].CC[S-].CC[S-].[Cl-].[Cl-].[Pt].[Pt]. The van der Waals surface area contributed by atoms with E-state index in [2.05, 4.69) is 50.5 Å². The first-order chi connectivity index (χ1) is 5.66. The molecule has 0 radical (unpaired) electrons. The van der Waals surface area contributed by atoms with Gasteiger partial charge in [-0.2, -0.15) is 23.0 Å². The Morgan fingerprint density at radius 3 is 0.500 bits per heavy atom. The molecule has 0 aromatic rings. The maximum absolute atomic E-state index is 4.39. The van der Waals surface area contributed by atoms with E-state index in [0.717, 1.165) is 23.0 Å². The Balaban J connectivity index is -0.00000000821. The molecule has 0 bridgehead atoms. The van der Waals surface area contributed by atoms with Gasteiger partial charge in [-0.05, 0) is 0 Å². The second-order valence-corrected chi connectivity index (χ2v) is 3.46. The van der Waals surface area contributed by atoms with Crippen LogP contribution in [-0.2, 0) is 92.6 Å². The van der Waals surface area contributed by atoms with E-state index >= 15 is 0 Å². The van der Waals surface area contributed by atoms with Crippen LogP contribution in [0.1, 0.15) is 27.7 Å². The summed E-state index contributed by atoms with van der Waals surface area (Å²) in [6.07, 6.45) is 0. The van der Waals surface area contributed by atoms with Crippen molar-refractivity contribution in [1.29, 1.82) is 0 Å². The van der Waals surface area contributed by atoms with Gasteiger partial charge in [0.25, 0.3) is 0 Å². The van der Waals surface area contributed by atoms with Crippen molar-refractivity contribution in [3.8, 4) is 0 Å². The number of hydrogen-bond acceptors (Lipinski definition) is 4. The molecule has 116 valence electrons. The first kappa shape index (κ1) is 50.6. The van der Waals surface area contributed by atoms with Crippen molar-refractivity contribution in [2.45, 2.75) is 27.7 Å². The molecule has 8 heteroatoms. The monoisotopic (exact) mass is 704 g/mol. The Kier molecular flexibility index (Phi) is 323. The summed E-state index contributed by atoms with van der Waals surface area (Å²) >= 11 is 17.6. The molecule has 16 heavy (non-hydrogen) atoms. The Labute approximate surface area is 166 Å². The molecule has 0 saturated heterocycles. The zero-order valence-corrected chi connectivity index (χ0v) is 19.2. The van der Waals surface area contributed by atoms with Gasteiger partial charge < -0.3 is 75.3 Å².